The van der Waals surface area contributed by atoms with Crippen molar-refractivity contribution in [2.24, 2.45) is 17.8 Å². The Labute approximate surface area is 248 Å². The fourth-order valence-electron chi connectivity index (χ4n) is 5.72. The van der Waals surface area contributed by atoms with E-state index in [4.69, 9.17) is 4.74 Å². The van der Waals surface area contributed by atoms with Crippen LogP contribution in [0.1, 0.15) is 27.1 Å². The molecule has 2 aliphatic rings. The van der Waals surface area contributed by atoms with Gasteiger partial charge in [-0.2, -0.15) is 13.2 Å². The van der Waals surface area contributed by atoms with Gasteiger partial charge in [0.05, 0.1) is 29.1 Å². The predicted molar refractivity (Wildman–Crippen MR) is 149 cm³/mol. The van der Waals surface area contributed by atoms with Crippen LogP contribution in [0.3, 0.4) is 0 Å². The molecule has 4 atom stereocenters. The molecule has 3 N–H and O–H groups in total. The molecule has 9 nitrogen and oxygen atoms in total. The number of methoxy groups -OCH3 is 1. The molecule has 2 amide bonds. The average Bonchev–Trinajstić information content (AvgIpc) is 3.58. The molecule has 0 aliphatic heterocycles. The minimum absolute atomic E-state index is 0.0316. The van der Waals surface area contributed by atoms with Gasteiger partial charge in [0.1, 0.15) is 11.6 Å². The summed E-state index contributed by atoms with van der Waals surface area (Å²) in [5.74, 6) is -5.16. The van der Waals surface area contributed by atoms with E-state index in [1.165, 1.54) is 37.4 Å². The highest BCUT2D eigenvalue weighted by Crippen LogP contribution is 2.45. The lowest BCUT2D eigenvalue weighted by atomic mass is 9.87. The largest absolute Gasteiger partial charge is 0.501 e. The number of ether oxygens (including phenoxy) is 1. The summed E-state index contributed by atoms with van der Waals surface area (Å²) in [7, 11) is -4.43. The number of sulfone groups is 1. The van der Waals surface area contributed by atoms with Crippen LogP contribution in [0.5, 0.6) is 5.75 Å². The minimum Gasteiger partial charge on any atom is -0.496 e. The van der Waals surface area contributed by atoms with Gasteiger partial charge in [0, 0.05) is 23.4 Å². The number of anilines is 1. The number of hydrogen-bond donors (Lipinski definition) is 3. The molecule has 2 aliphatic carbocycles. The SMILES string of the molecule is COc1cc(F)c(-c2ccccc2C(=O)O)cc1C(=O)NC1C2C=CC(C2)C1C(=O)Nc1cccc(S(=O)(=O)C(F)(F)F)c1. The first-order valence-corrected chi connectivity index (χ1v) is 14.6. The summed E-state index contributed by atoms with van der Waals surface area (Å²) in [6.45, 7) is 0. The lowest BCUT2D eigenvalue weighted by molar-refractivity contribution is -0.121. The van der Waals surface area contributed by atoms with Gasteiger partial charge in [-0.05, 0) is 54.2 Å². The first kappa shape index (κ1) is 30.7. The van der Waals surface area contributed by atoms with Crippen molar-refractivity contribution in [3.05, 3.63) is 89.8 Å². The van der Waals surface area contributed by atoms with Crippen molar-refractivity contribution in [1.29, 1.82) is 0 Å². The number of hydrogen-bond acceptors (Lipinski definition) is 6. The summed E-state index contributed by atoms with van der Waals surface area (Å²) in [6, 6.07) is 10.8. The Morgan fingerprint density at radius 3 is 2.32 bits per heavy atom. The van der Waals surface area contributed by atoms with Gasteiger partial charge < -0.3 is 20.5 Å². The highest BCUT2D eigenvalue weighted by Gasteiger charge is 2.49. The Morgan fingerprint density at radius 2 is 1.64 bits per heavy atom. The fraction of sp³-hybridized carbons (Fsp3) is 0.233. The second-order valence-electron chi connectivity index (χ2n) is 10.3. The van der Waals surface area contributed by atoms with Gasteiger partial charge in [-0.3, -0.25) is 9.59 Å². The molecule has 1 fully saturated rings. The van der Waals surface area contributed by atoms with E-state index >= 15 is 4.39 Å². The summed E-state index contributed by atoms with van der Waals surface area (Å²) >= 11 is 0. The lowest BCUT2D eigenvalue weighted by Crippen LogP contribution is -2.47. The van der Waals surface area contributed by atoms with E-state index < -0.39 is 55.8 Å². The second-order valence-corrected chi connectivity index (χ2v) is 12.3. The molecule has 3 aromatic rings. The Bertz CT molecular complexity index is 1810. The van der Waals surface area contributed by atoms with Crippen molar-refractivity contribution in [2.75, 3.05) is 12.4 Å². The molecule has 3 aromatic carbocycles. The van der Waals surface area contributed by atoms with Gasteiger partial charge >= 0.3 is 11.5 Å². The molecule has 2 bridgehead atoms. The molecule has 0 aromatic heterocycles. The third kappa shape index (κ3) is 5.52. The number of halogens is 4. The van der Waals surface area contributed by atoms with Crippen molar-refractivity contribution in [1.82, 2.24) is 5.32 Å². The average molecular weight is 633 g/mol. The molecule has 0 saturated heterocycles. The van der Waals surface area contributed by atoms with Crippen LogP contribution in [0.15, 0.2) is 77.7 Å². The summed E-state index contributed by atoms with van der Waals surface area (Å²) in [4.78, 5) is 37.7. The van der Waals surface area contributed by atoms with Crippen LogP contribution >= 0.6 is 0 Å². The van der Waals surface area contributed by atoms with Crippen molar-refractivity contribution in [3.63, 3.8) is 0 Å². The third-order valence-electron chi connectivity index (χ3n) is 7.76. The Hall–Kier alpha value is -4.72. The molecule has 1 saturated carbocycles. The molecule has 0 heterocycles. The number of carbonyl (C=O) groups is 3. The van der Waals surface area contributed by atoms with E-state index in [1.807, 2.05) is 6.08 Å². The van der Waals surface area contributed by atoms with E-state index in [0.717, 1.165) is 24.3 Å². The monoisotopic (exact) mass is 632 g/mol. The zero-order chi connectivity index (χ0) is 32.0. The first-order chi connectivity index (χ1) is 20.7. The van der Waals surface area contributed by atoms with E-state index in [9.17, 15) is 41.1 Å². The number of carbonyl (C=O) groups excluding carboxylic acids is 2. The predicted octanol–water partition coefficient (Wildman–Crippen LogP) is 5.05. The van der Waals surface area contributed by atoms with E-state index in [1.54, 1.807) is 6.08 Å². The van der Waals surface area contributed by atoms with E-state index in [-0.39, 0.29) is 45.5 Å². The highest BCUT2D eigenvalue weighted by molar-refractivity contribution is 7.92. The van der Waals surface area contributed by atoms with Gasteiger partial charge in [-0.1, -0.05) is 36.4 Å². The van der Waals surface area contributed by atoms with Crippen LogP contribution in [0.4, 0.5) is 23.2 Å². The van der Waals surface area contributed by atoms with Crippen LogP contribution < -0.4 is 15.4 Å². The normalized spacial score (nSPS) is 20.8. The number of carboxylic acids is 1. The Morgan fingerprint density at radius 1 is 0.932 bits per heavy atom. The molecule has 0 radical (unpaired) electrons. The summed E-state index contributed by atoms with van der Waals surface area (Å²) in [6.07, 6.45) is 4.11. The number of alkyl halides is 3. The zero-order valence-corrected chi connectivity index (χ0v) is 23.6. The van der Waals surface area contributed by atoms with Gasteiger partial charge in [0.2, 0.25) is 5.91 Å². The van der Waals surface area contributed by atoms with Crippen LogP contribution in [-0.2, 0) is 14.6 Å². The number of allylic oxidation sites excluding steroid dienone is 1. The third-order valence-corrected chi connectivity index (χ3v) is 9.24. The van der Waals surface area contributed by atoms with Crippen LogP contribution in [0.25, 0.3) is 11.1 Å². The van der Waals surface area contributed by atoms with Crippen molar-refractivity contribution in [2.45, 2.75) is 22.9 Å². The molecule has 14 heteroatoms. The number of fused-ring (bicyclic) bond motifs is 2. The molecule has 230 valence electrons. The maximum atomic E-state index is 15.1. The standard InChI is InChI=1S/C30H24F4N2O7S/c1-43-24-14-23(31)21(19-7-2-3-8-20(19)29(39)40)13-22(24)27(37)36-26-16-10-9-15(11-16)25(26)28(38)35-17-5-4-6-18(12-17)44(41,42)30(32,33)34/h2-10,12-16,25-26H,11H2,1H3,(H,35,38)(H,36,37)(H,39,40). The number of nitrogens with one attached hydrogen (secondary N) is 2. The summed E-state index contributed by atoms with van der Waals surface area (Å²) in [5.41, 5.74) is -6.16. The number of aromatic carboxylic acids is 1. The van der Waals surface area contributed by atoms with Gasteiger partial charge in [-0.15, -0.1) is 0 Å². The number of rotatable bonds is 8. The molecular weight excluding hydrogens is 608 g/mol. The maximum Gasteiger partial charge on any atom is 0.501 e. The summed E-state index contributed by atoms with van der Waals surface area (Å²) < 4.78 is 83.2. The van der Waals surface area contributed by atoms with Gasteiger partial charge in [-0.25, -0.2) is 17.6 Å². The van der Waals surface area contributed by atoms with Crippen LogP contribution in [-0.4, -0.2) is 50.0 Å². The number of carboxylic acid groups (broad SMARTS) is 1. The van der Waals surface area contributed by atoms with Gasteiger partial charge in [0.15, 0.2) is 0 Å². The van der Waals surface area contributed by atoms with Crippen molar-refractivity contribution in [3.8, 4) is 16.9 Å². The second kappa shape index (κ2) is 11.4. The highest BCUT2D eigenvalue weighted by atomic mass is 32.2. The topological polar surface area (TPSA) is 139 Å². The van der Waals surface area contributed by atoms with Gasteiger partial charge in [0.25, 0.3) is 15.7 Å². The molecule has 44 heavy (non-hydrogen) atoms. The van der Waals surface area contributed by atoms with E-state index in [2.05, 4.69) is 10.6 Å². The molecule has 5 rings (SSSR count). The Balaban J connectivity index is 1.42. The smallest absolute Gasteiger partial charge is 0.496 e. The lowest BCUT2D eigenvalue weighted by Gasteiger charge is -2.28. The Kier molecular flexibility index (Phi) is 7.97. The van der Waals surface area contributed by atoms with Crippen LogP contribution in [0.2, 0.25) is 0 Å². The van der Waals surface area contributed by atoms with E-state index in [0.29, 0.717) is 12.5 Å². The molecule has 4 unspecified atom stereocenters. The maximum absolute atomic E-state index is 15.1. The number of benzene rings is 3. The van der Waals surface area contributed by atoms with Crippen molar-refractivity contribution < 1.29 is 50.2 Å². The minimum atomic E-state index is -5.65. The summed E-state index contributed by atoms with van der Waals surface area (Å²) in [5, 5.41) is 14.8. The molecular formula is C30H24F4N2O7S. The fourth-order valence-corrected chi connectivity index (χ4v) is 6.53. The zero-order valence-electron chi connectivity index (χ0n) is 22.8. The first-order valence-electron chi connectivity index (χ1n) is 13.1. The quantitative estimate of drug-likeness (QED) is 0.233. The van der Waals surface area contributed by atoms with Crippen LogP contribution in [0, 0.1) is 23.6 Å². The molecule has 0 spiro atoms. The van der Waals surface area contributed by atoms with Crippen molar-refractivity contribution >= 4 is 33.3 Å². The number of amides is 2.